The van der Waals surface area contributed by atoms with Crippen LogP contribution in [0.25, 0.3) is 6.08 Å². The van der Waals surface area contributed by atoms with Crippen molar-refractivity contribution in [3.05, 3.63) is 73.2 Å². The lowest BCUT2D eigenvalue weighted by molar-refractivity contribution is 0.481. The van der Waals surface area contributed by atoms with Gasteiger partial charge in [0, 0.05) is 5.56 Å². The molecule has 0 saturated carbocycles. The second-order valence-electron chi connectivity index (χ2n) is 3.36. The van der Waals surface area contributed by atoms with E-state index in [0.29, 0.717) is 0 Å². The predicted molar refractivity (Wildman–Crippen MR) is 67.3 cm³/mol. The molecule has 16 heavy (non-hydrogen) atoms. The SMILES string of the molecule is [CH2]/C=C/c1ccccc1Oc1ccccc1. The first-order chi connectivity index (χ1) is 7.90. The van der Waals surface area contributed by atoms with Crippen LogP contribution in [0.2, 0.25) is 0 Å². The Kier molecular flexibility index (Phi) is 3.39. The number of hydrogen-bond donors (Lipinski definition) is 0. The zero-order valence-electron chi connectivity index (χ0n) is 8.97. The number of hydrogen-bond acceptors (Lipinski definition) is 1. The lowest BCUT2D eigenvalue weighted by Gasteiger charge is -2.08. The molecule has 0 aromatic heterocycles. The fraction of sp³-hybridized carbons (Fsp3) is 0. The summed E-state index contributed by atoms with van der Waals surface area (Å²) in [6.07, 6.45) is 3.69. The molecule has 79 valence electrons. The van der Waals surface area contributed by atoms with E-state index in [0.717, 1.165) is 17.1 Å². The van der Waals surface area contributed by atoms with E-state index in [-0.39, 0.29) is 0 Å². The van der Waals surface area contributed by atoms with Crippen LogP contribution in [-0.4, -0.2) is 0 Å². The van der Waals surface area contributed by atoms with Crippen molar-refractivity contribution in [1.29, 1.82) is 0 Å². The highest BCUT2D eigenvalue weighted by molar-refractivity contribution is 5.58. The highest BCUT2D eigenvalue weighted by Gasteiger charge is 2.00. The minimum atomic E-state index is 0.840. The fourth-order valence-corrected chi connectivity index (χ4v) is 1.45. The predicted octanol–water partition coefficient (Wildman–Crippen LogP) is 4.33. The van der Waals surface area contributed by atoms with Crippen molar-refractivity contribution in [2.45, 2.75) is 0 Å². The first kappa shape index (κ1) is 10.5. The third-order valence-corrected chi connectivity index (χ3v) is 2.19. The van der Waals surface area contributed by atoms with E-state index in [1.165, 1.54) is 0 Å². The molecule has 2 aromatic rings. The Morgan fingerprint density at radius 2 is 1.56 bits per heavy atom. The highest BCUT2D eigenvalue weighted by atomic mass is 16.5. The molecule has 0 aliphatic carbocycles. The van der Waals surface area contributed by atoms with Gasteiger partial charge in [-0.15, -0.1) is 0 Å². The van der Waals surface area contributed by atoms with Crippen molar-refractivity contribution in [2.24, 2.45) is 0 Å². The van der Waals surface area contributed by atoms with Gasteiger partial charge in [-0.2, -0.15) is 0 Å². The van der Waals surface area contributed by atoms with Gasteiger partial charge in [-0.1, -0.05) is 48.6 Å². The molecule has 1 nitrogen and oxygen atoms in total. The van der Waals surface area contributed by atoms with Gasteiger partial charge < -0.3 is 4.74 Å². The lowest BCUT2D eigenvalue weighted by atomic mass is 10.2. The lowest BCUT2D eigenvalue weighted by Crippen LogP contribution is -1.86. The fourth-order valence-electron chi connectivity index (χ4n) is 1.45. The standard InChI is InChI=1S/C15H13O/c1-2-8-13-9-6-7-12-15(13)16-14-10-4-3-5-11-14/h2-12H,1H2/b8-2+. The first-order valence-corrected chi connectivity index (χ1v) is 5.18. The molecule has 0 atom stereocenters. The van der Waals surface area contributed by atoms with Crippen molar-refractivity contribution < 1.29 is 4.74 Å². The van der Waals surface area contributed by atoms with E-state index in [1.807, 2.05) is 60.7 Å². The molecule has 0 unspecified atom stereocenters. The maximum absolute atomic E-state index is 5.78. The van der Waals surface area contributed by atoms with Crippen molar-refractivity contribution >= 4 is 6.08 Å². The molecule has 2 aromatic carbocycles. The monoisotopic (exact) mass is 209 g/mol. The van der Waals surface area contributed by atoms with Crippen LogP contribution in [0, 0.1) is 6.92 Å². The van der Waals surface area contributed by atoms with E-state index in [4.69, 9.17) is 4.74 Å². The molecule has 0 spiro atoms. The Balaban J connectivity index is 2.28. The van der Waals surface area contributed by atoms with Gasteiger partial charge in [0.05, 0.1) is 0 Å². The number of para-hydroxylation sites is 2. The minimum absolute atomic E-state index is 0.840. The molecule has 0 heterocycles. The van der Waals surface area contributed by atoms with Crippen LogP contribution in [0.1, 0.15) is 5.56 Å². The summed E-state index contributed by atoms with van der Waals surface area (Å²) >= 11 is 0. The Labute approximate surface area is 96.0 Å². The van der Waals surface area contributed by atoms with Crippen LogP contribution in [0.5, 0.6) is 11.5 Å². The Morgan fingerprint density at radius 3 is 2.31 bits per heavy atom. The third-order valence-electron chi connectivity index (χ3n) is 2.19. The molecule has 0 fully saturated rings. The van der Waals surface area contributed by atoms with Crippen LogP contribution in [0.4, 0.5) is 0 Å². The van der Waals surface area contributed by atoms with Crippen molar-refractivity contribution in [3.8, 4) is 11.5 Å². The average Bonchev–Trinajstić information content (AvgIpc) is 2.33. The Bertz CT molecular complexity index is 472. The summed E-state index contributed by atoms with van der Waals surface area (Å²) in [4.78, 5) is 0. The largest absolute Gasteiger partial charge is 0.457 e. The summed E-state index contributed by atoms with van der Waals surface area (Å²) < 4.78 is 5.78. The first-order valence-electron chi connectivity index (χ1n) is 5.18. The van der Waals surface area contributed by atoms with Crippen LogP contribution >= 0.6 is 0 Å². The molecule has 2 rings (SSSR count). The molecule has 0 aliphatic rings. The van der Waals surface area contributed by atoms with E-state index in [1.54, 1.807) is 6.08 Å². The summed E-state index contributed by atoms with van der Waals surface area (Å²) in [5.74, 6) is 1.68. The van der Waals surface area contributed by atoms with Gasteiger partial charge in [0.25, 0.3) is 0 Å². The Morgan fingerprint density at radius 1 is 0.875 bits per heavy atom. The zero-order chi connectivity index (χ0) is 11.2. The highest BCUT2D eigenvalue weighted by Crippen LogP contribution is 2.25. The Hall–Kier alpha value is -2.02. The summed E-state index contributed by atoms with van der Waals surface area (Å²) in [5.41, 5.74) is 1.03. The summed E-state index contributed by atoms with van der Waals surface area (Å²) in [5, 5.41) is 0. The smallest absolute Gasteiger partial charge is 0.134 e. The summed E-state index contributed by atoms with van der Waals surface area (Å²) in [6.45, 7) is 3.69. The summed E-state index contributed by atoms with van der Waals surface area (Å²) in [6, 6.07) is 17.6. The van der Waals surface area contributed by atoms with Crippen molar-refractivity contribution in [1.82, 2.24) is 0 Å². The second-order valence-corrected chi connectivity index (χ2v) is 3.36. The summed E-state index contributed by atoms with van der Waals surface area (Å²) in [7, 11) is 0. The molecule has 1 heteroatoms. The van der Waals surface area contributed by atoms with Crippen LogP contribution in [0.3, 0.4) is 0 Å². The normalized spacial score (nSPS) is 10.6. The van der Waals surface area contributed by atoms with Crippen LogP contribution in [0.15, 0.2) is 60.7 Å². The molecule has 0 bridgehead atoms. The topological polar surface area (TPSA) is 9.23 Å². The number of rotatable bonds is 3. The van der Waals surface area contributed by atoms with Gasteiger partial charge in [-0.25, -0.2) is 0 Å². The number of benzene rings is 2. The van der Waals surface area contributed by atoms with Gasteiger partial charge in [0.1, 0.15) is 11.5 Å². The third kappa shape index (κ3) is 2.51. The molecule has 0 amide bonds. The molecule has 0 saturated heterocycles. The van der Waals surface area contributed by atoms with Gasteiger partial charge in [-0.05, 0) is 25.1 Å². The average molecular weight is 209 g/mol. The molecule has 1 radical (unpaired) electrons. The van der Waals surface area contributed by atoms with E-state index in [9.17, 15) is 0 Å². The van der Waals surface area contributed by atoms with E-state index in [2.05, 4.69) is 6.92 Å². The molecular formula is C15H13O. The van der Waals surface area contributed by atoms with Gasteiger partial charge in [0.15, 0.2) is 0 Å². The second kappa shape index (κ2) is 5.17. The molecular weight excluding hydrogens is 196 g/mol. The van der Waals surface area contributed by atoms with Gasteiger partial charge >= 0.3 is 0 Å². The quantitative estimate of drug-likeness (QED) is 0.731. The zero-order valence-corrected chi connectivity index (χ0v) is 8.97. The molecule has 0 aliphatic heterocycles. The number of ether oxygens (including phenoxy) is 1. The van der Waals surface area contributed by atoms with Crippen molar-refractivity contribution in [2.75, 3.05) is 0 Å². The number of allylic oxidation sites excluding steroid dienone is 1. The minimum Gasteiger partial charge on any atom is -0.457 e. The van der Waals surface area contributed by atoms with Gasteiger partial charge in [-0.3, -0.25) is 0 Å². The van der Waals surface area contributed by atoms with E-state index >= 15 is 0 Å². The van der Waals surface area contributed by atoms with Crippen LogP contribution < -0.4 is 4.74 Å². The maximum Gasteiger partial charge on any atom is 0.134 e. The van der Waals surface area contributed by atoms with Crippen LogP contribution in [-0.2, 0) is 0 Å². The maximum atomic E-state index is 5.78. The van der Waals surface area contributed by atoms with Gasteiger partial charge in [0.2, 0.25) is 0 Å². The molecule has 0 N–H and O–H groups in total. The van der Waals surface area contributed by atoms with Crippen molar-refractivity contribution in [3.63, 3.8) is 0 Å². The van der Waals surface area contributed by atoms with E-state index < -0.39 is 0 Å².